The lowest BCUT2D eigenvalue weighted by Gasteiger charge is -2.71. The normalized spacial score (nSPS) is 45.3. The standard InChI is InChI=1S/C39H54O6/c1-23-16-19-39(34(43)44)21-20-37(6)27(32(39)24(23)2)13-14-30-36(5)22-28(41)33(35(3,4)29(36)17-18-38(30,37)7)45-31(42)15-10-25-8-11-26(40)12-9-25/h8-13,15,23-24,28-30,32-33,40-41H,14,16-22H2,1-7H3,(H,43,44)/b15-10+/t23-,24+,28-,29?,30?,32+,33-,36?,37-,38-,39+/m1/s1. The van der Waals surface area contributed by atoms with Gasteiger partial charge in [0.2, 0.25) is 0 Å². The molecule has 6 heteroatoms. The number of esters is 1. The number of carbonyl (C=O) groups excluding carboxylic acids is 1. The van der Waals surface area contributed by atoms with E-state index < -0.39 is 35.0 Å². The van der Waals surface area contributed by atoms with E-state index in [0.29, 0.717) is 24.2 Å². The van der Waals surface area contributed by atoms with Crippen molar-refractivity contribution in [2.75, 3.05) is 0 Å². The Morgan fingerprint density at radius 3 is 2.29 bits per heavy atom. The summed E-state index contributed by atoms with van der Waals surface area (Å²) in [5.74, 6) is 0.617. The van der Waals surface area contributed by atoms with Crippen molar-refractivity contribution in [1.29, 1.82) is 0 Å². The van der Waals surface area contributed by atoms with E-state index in [2.05, 4.69) is 54.5 Å². The molecular weight excluding hydrogens is 564 g/mol. The molecule has 0 saturated heterocycles. The van der Waals surface area contributed by atoms with Crippen LogP contribution in [-0.4, -0.2) is 39.5 Å². The summed E-state index contributed by atoms with van der Waals surface area (Å²) in [6.07, 6.45) is 11.1. The molecule has 0 amide bonds. The molecule has 5 aliphatic carbocycles. The number of carboxylic acid groups (broad SMARTS) is 1. The van der Waals surface area contributed by atoms with Gasteiger partial charge in [-0.2, -0.15) is 0 Å². The summed E-state index contributed by atoms with van der Waals surface area (Å²) in [5, 5.41) is 32.0. The minimum Gasteiger partial charge on any atom is -0.508 e. The Balaban J connectivity index is 1.29. The zero-order chi connectivity index (χ0) is 32.7. The molecule has 0 heterocycles. The molecule has 0 aromatic heterocycles. The first-order chi connectivity index (χ1) is 21.0. The number of phenolic OH excluding ortho intramolecular Hbond substituents is 1. The highest BCUT2D eigenvalue weighted by Crippen LogP contribution is 2.75. The van der Waals surface area contributed by atoms with E-state index >= 15 is 0 Å². The number of ether oxygens (including phenoxy) is 1. The van der Waals surface area contributed by atoms with Crippen molar-refractivity contribution in [3.8, 4) is 5.75 Å². The monoisotopic (exact) mass is 618 g/mol. The summed E-state index contributed by atoms with van der Waals surface area (Å²) in [6, 6.07) is 6.62. The van der Waals surface area contributed by atoms with Crippen LogP contribution in [0.1, 0.15) is 105 Å². The van der Waals surface area contributed by atoms with Crippen molar-refractivity contribution in [2.24, 2.45) is 56.7 Å². The Kier molecular flexibility index (Phi) is 7.70. The lowest BCUT2D eigenvalue weighted by atomic mass is 9.33. The topological polar surface area (TPSA) is 104 Å². The average molecular weight is 619 g/mol. The third-order valence-electron chi connectivity index (χ3n) is 14.9. The Hall–Kier alpha value is -2.60. The van der Waals surface area contributed by atoms with Gasteiger partial charge >= 0.3 is 11.9 Å². The van der Waals surface area contributed by atoms with E-state index in [1.807, 2.05) is 0 Å². The van der Waals surface area contributed by atoms with Gasteiger partial charge in [0.15, 0.2) is 0 Å². The molecule has 1 aromatic carbocycles. The quantitative estimate of drug-likeness (QED) is 0.179. The Bertz CT molecular complexity index is 1410. The lowest BCUT2D eigenvalue weighted by Crippen LogP contribution is -2.67. The number of aliphatic carboxylic acids is 1. The van der Waals surface area contributed by atoms with Gasteiger partial charge in [0, 0.05) is 11.5 Å². The molecule has 1 aromatic rings. The zero-order valence-corrected chi connectivity index (χ0v) is 28.3. The maximum absolute atomic E-state index is 13.0. The maximum atomic E-state index is 13.0. The molecule has 0 radical (unpaired) electrons. The number of hydrogen-bond donors (Lipinski definition) is 3. The summed E-state index contributed by atoms with van der Waals surface area (Å²) in [4.78, 5) is 26.0. The molecule has 4 fully saturated rings. The molecule has 11 atom stereocenters. The third-order valence-corrected chi connectivity index (χ3v) is 14.9. The van der Waals surface area contributed by atoms with Gasteiger partial charge in [-0.3, -0.25) is 4.79 Å². The summed E-state index contributed by atoms with van der Waals surface area (Å²) >= 11 is 0. The smallest absolute Gasteiger partial charge is 0.331 e. The van der Waals surface area contributed by atoms with Crippen molar-refractivity contribution in [3.05, 3.63) is 47.6 Å². The molecule has 3 N–H and O–H groups in total. The van der Waals surface area contributed by atoms with Crippen LogP contribution >= 0.6 is 0 Å². The van der Waals surface area contributed by atoms with Crippen molar-refractivity contribution >= 4 is 18.0 Å². The van der Waals surface area contributed by atoms with E-state index in [1.165, 1.54) is 11.6 Å². The molecule has 6 nitrogen and oxygen atoms in total. The van der Waals surface area contributed by atoms with Crippen LogP contribution < -0.4 is 0 Å². The zero-order valence-electron chi connectivity index (χ0n) is 28.3. The van der Waals surface area contributed by atoms with E-state index in [-0.39, 0.29) is 33.8 Å². The number of carboxylic acids is 1. The van der Waals surface area contributed by atoms with E-state index in [1.54, 1.807) is 30.3 Å². The van der Waals surface area contributed by atoms with Crippen molar-refractivity contribution in [1.82, 2.24) is 0 Å². The average Bonchev–Trinajstić information content (AvgIpc) is 2.97. The first-order valence-electron chi connectivity index (χ1n) is 17.3. The Morgan fingerprint density at radius 2 is 1.62 bits per heavy atom. The van der Waals surface area contributed by atoms with Crippen LogP contribution in [0.15, 0.2) is 42.0 Å². The fourth-order valence-corrected chi connectivity index (χ4v) is 12.1. The number of phenols is 1. The summed E-state index contributed by atoms with van der Waals surface area (Å²) in [6.45, 7) is 16.2. The van der Waals surface area contributed by atoms with Gasteiger partial charge in [0.05, 0.1) is 11.5 Å². The van der Waals surface area contributed by atoms with Gasteiger partial charge < -0.3 is 20.1 Å². The molecule has 4 saturated carbocycles. The molecule has 0 spiro atoms. The summed E-state index contributed by atoms with van der Waals surface area (Å²) < 4.78 is 6.05. The second-order valence-corrected chi connectivity index (χ2v) is 17.0. The number of aliphatic hydroxyl groups is 1. The largest absolute Gasteiger partial charge is 0.508 e. The van der Waals surface area contributed by atoms with Crippen LogP contribution in [0.4, 0.5) is 0 Å². The van der Waals surface area contributed by atoms with Crippen LogP contribution in [0.3, 0.4) is 0 Å². The highest BCUT2D eigenvalue weighted by Gasteiger charge is 2.70. The number of rotatable bonds is 4. The predicted molar refractivity (Wildman–Crippen MR) is 175 cm³/mol. The molecule has 246 valence electrons. The molecule has 0 aliphatic heterocycles. The fraction of sp³-hybridized carbons (Fsp3) is 0.692. The van der Waals surface area contributed by atoms with Gasteiger partial charge in [-0.05, 0) is 121 Å². The molecule has 6 rings (SSSR count). The molecule has 0 bridgehead atoms. The van der Waals surface area contributed by atoms with Gasteiger partial charge in [0.1, 0.15) is 11.9 Å². The fourth-order valence-electron chi connectivity index (χ4n) is 12.1. The number of allylic oxidation sites excluding steroid dienone is 2. The van der Waals surface area contributed by atoms with Gasteiger partial charge in [0.25, 0.3) is 0 Å². The SMILES string of the molecule is C[C@H]1[C@H](C)CC[C@]2(C(=O)O)CC[C@]3(C)C(=CCC4C5(C)C[C@@H](O)[C@@H](OC(=O)/C=C/c6ccc(O)cc6)C(C)(C)C5CC[C@]43C)[C@H]12. The van der Waals surface area contributed by atoms with Crippen molar-refractivity contribution < 1.29 is 29.6 Å². The van der Waals surface area contributed by atoms with Gasteiger partial charge in [-0.25, -0.2) is 4.79 Å². The minimum absolute atomic E-state index is 0.0143. The summed E-state index contributed by atoms with van der Waals surface area (Å²) in [7, 11) is 0. The van der Waals surface area contributed by atoms with Crippen LogP contribution in [0, 0.1) is 56.7 Å². The number of benzene rings is 1. The first kappa shape index (κ1) is 32.3. The second kappa shape index (κ2) is 10.7. The molecule has 3 unspecified atom stereocenters. The first-order valence-corrected chi connectivity index (χ1v) is 17.3. The number of carbonyl (C=O) groups is 2. The summed E-state index contributed by atoms with van der Waals surface area (Å²) in [5.41, 5.74) is 0.857. The van der Waals surface area contributed by atoms with Gasteiger partial charge in [-0.15, -0.1) is 0 Å². The highest BCUT2D eigenvalue weighted by atomic mass is 16.6. The number of fused-ring (bicyclic) bond motifs is 7. The van der Waals surface area contributed by atoms with Crippen LogP contribution in [-0.2, 0) is 14.3 Å². The lowest BCUT2D eigenvalue weighted by molar-refractivity contribution is -0.238. The number of hydrogen-bond acceptors (Lipinski definition) is 5. The highest BCUT2D eigenvalue weighted by molar-refractivity contribution is 5.87. The third kappa shape index (κ3) is 4.58. The molecule has 5 aliphatic rings. The minimum atomic E-state index is -0.780. The van der Waals surface area contributed by atoms with E-state index in [4.69, 9.17) is 4.74 Å². The molecular formula is C39H54O6. The maximum Gasteiger partial charge on any atom is 0.331 e. The van der Waals surface area contributed by atoms with Crippen molar-refractivity contribution in [3.63, 3.8) is 0 Å². The number of aliphatic hydroxyl groups excluding tert-OH is 1. The second-order valence-electron chi connectivity index (χ2n) is 17.0. The Morgan fingerprint density at radius 1 is 0.933 bits per heavy atom. The predicted octanol–water partition coefficient (Wildman–Crippen LogP) is 8.03. The van der Waals surface area contributed by atoms with Crippen LogP contribution in [0.5, 0.6) is 5.75 Å². The van der Waals surface area contributed by atoms with Gasteiger partial charge in [-0.1, -0.05) is 72.2 Å². The van der Waals surface area contributed by atoms with Crippen LogP contribution in [0.25, 0.3) is 6.08 Å². The number of aromatic hydroxyl groups is 1. The molecule has 45 heavy (non-hydrogen) atoms. The Labute approximate surface area is 269 Å². The van der Waals surface area contributed by atoms with E-state index in [0.717, 1.165) is 50.5 Å². The van der Waals surface area contributed by atoms with Crippen LogP contribution in [0.2, 0.25) is 0 Å². The van der Waals surface area contributed by atoms with E-state index in [9.17, 15) is 24.9 Å². The van der Waals surface area contributed by atoms with Crippen molar-refractivity contribution in [2.45, 2.75) is 112 Å².